The second kappa shape index (κ2) is 30.8. The van der Waals surface area contributed by atoms with Crippen molar-refractivity contribution in [3.8, 4) is 23.1 Å². The van der Waals surface area contributed by atoms with Crippen molar-refractivity contribution in [3.63, 3.8) is 0 Å². The molecule has 0 radical (unpaired) electrons. The summed E-state index contributed by atoms with van der Waals surface area (Å²) in [4.78, 5) is 133. The number of hydrogen-bond donors (Lipinski definition) is 6. The minimum Gasteiger partial charge on any atom is -0.472 e. The Labute approximate surface area is 621 Å². The monoisotopic (exact) mass is 1500 g/mol. The highest BCUT2D eigenvalue weighted by Crippen LogP contribution is 2.50. The zero-order valence-electron chi connectivity index (χ0n) is 62.2. The number of benzene rings is 1. The standard InChI is InChI=1S/C41H54N6O8S.C35H50N6O8S/c1-39(2,3)55-38(51)43-31-20-12-7-5-6-11-17-27-24-41(27,37(50)46-56(52,53)40(4)21-22-40)45-34(48)32-23-28(25-47(32)36(31)49)54-35-29-18-13-14-19-30(29)42-33(44-35)26-15-9-8-10-16-26;1-33(2,3)49-32(45)38-26-15-9-7-5-6-8-12-22-19-35(22,31(44)40-50(46,47)34(4)16-17-34)39-28(42)27-18-23(20-41(27)30(26)43)48-29-24-13-10-11-14-25(24)36-21-37-29/h8-11,15-17,27-28,31-32H,5-7,12-14,18-25H2,1-4H3,(H,43,51)(H,45,48)(H,46,50);8,12,21-23,26-27H,5-7,9-11,13-20H2,1-4H3,(H,38,45)(H,39,42)(H,40,44)/b17-11-;12-8-/t27-,28-,31+,32+,41-;22-,23-,26+,27+,35-/m11/s1. The van der Waals surface area contributed by atoms with Gasteiger partial charge in [-0.2, -0.15) is 4.98 Å². The summed E-state index contributed by atoms with van der Waals surface area (Å²) in [7, 11) is -7.95. The predicted octanol–water partition coefficient (Wildman–Crippen LogP) is 7.65. The largest absolute Gasteiger partial charge is 0.472 e. The van der Waals surface area contributed by atoms with Crippen LogP contribution in [0.15, 0.2) is 61.0 Å². The number of ether oxygens (including phenoxy) is 4. The van der Waals surface area contributed by atoms with E-state index in [9.17, 15) is 55.2 Å². The third-order valence-corrected chi connectivity index (χ3v) is 26.5. The molecule has 1 aromatic carbocycles. The smallest absolute Gasteiger partial charge is 0.408 e. The van der Waals surface area contributed by atoms with Crippen molar-refractivity contribution in [2.24, 2.45) is 11.8 Å². The molecule has 6 heterocycles. The zero-order chi connectivity index (χ0) is 75.8. The summed E-state index contributed by atoms with van der Waals surface area (Å²) in [6.07, 6.45) is 22.3. The number of sulfonamides is 2. The van der Waals surface area contributed by atoms with Gasteiger partial charge in [0.25, 0.3) is 11.8 Å². The van der Waals surface area contributed by atoms with E-state index in [2.05, 4.69) is 40.7 Å². The molecule has 8 amide bonds. The van der Waals surface area contributed by atoms with Gasteiger partial charge in [0.2, 0.25) is 55.4 Å². The Balaban J connectivity index is 0.000000200. The lowest BCUT2D eigenvalue weighted by molar-refractivity contribution is -0.141. The van der Waals surface area contributed by atoms with Crippen LogP contribution in [0.5, 0.6) is 11.8 Å². The summed E-state index contributed by atoms with van der Waals surface area (Å²) in [6.45, 7) is 13.7. The molecule has 4 saturated carbocycles. The van der Waals surface area contributed by atoms with E-state index in [0.29, 0.717) is 81.8 Å². The van der Waals surface area contributed by atoms with E-state index in [-0.39, 0.29) is 38.8 Å². The number of amides is 8. The van der Waals surface area contributed by atoms with Crippen LogP contribution < -0.4 is 40.2 Å². The number of nitrogens with zero attached hydrogens (tertiary/aromatic N) is 6. The molecule has 6 N–H and O–H groups in total. The van der Waals surface area contributed by atoms with Gasteiger partial charge in [0.15, 0.2) is 5.82 Å². The number of nitrogens with one attached hydrogen (secondary N) is 6. The Hall–Kier alpha value is -8.28. The van der Waals surface area contributed by atoms with Gasteiger partial charge in [0.1, 0.15) is 65.0 Å². The molecule has 13 rings (SSSR count). The summed E-state index contributed by atoms with van der Waals surface area (Å²) < 4.78 is 79.1. The third kappa shape index (κ3) is 17.8. The van der Waals surface area contributed by atoms with Crippen molar-refractivity contribution < 1.29 is 74.1 Å². The van der Waals surface area contributed by atoms with Crippen molar-refractivity contribution in [1.82, 2.24) is 60.4 Å². The maximum Gasteiger partial charge on any atom is 0.408 e. The number of rotatable bonds is 13. The fourth-order valence-corrected chi connectivity index (χ4v) is 17.7. The first-order valence-electron chi connectivity index (χ1n) is 38.0. The van der Waals surface area contributed by atoms with Gasteiger partial charge in [0.05, 0.1) is 34.0 Å². The molecule has 0 spiro atoms. The van der Waals surface area contributed by atoms with Gasteiger partial charge < -0.3 is 50.0 Å². The summed E-state index contributed by atoms with van der Waals surface area (Å²) in [5.74, 6) is -3.17. The number of carbonyl (C=O) groups is 8. The number of aromatic nitrogens is 4. The van der Waals surface area contributed by atoms with Gasteiger partial charge >= 0.3 is 12.2 Å². The minimum absolute atomic E-state index is 0.0120. The van der Waals surface area contributed by atoms with Gasteiger partial charge in [-0.3, -0.25) is 38.2 Å². The molecule has 3 aromatic rings. The maximum atomic E-state index is 14.6. The van der Waals surface area contributed by atoms with E-state index in [1.807, 2.05) is 54.6 Å². The molecule has 6 aliphatic carbocycles. The highest BCUT2D eigenvalue weighted by molar-refractivity contribution is 7.92. The van der Waals surface area contributed by atoms with Crippen molar-refractivity contribution in [2.75, 3.05) is 13.1 Å². The van der Waals surface area contributed by atoms with Gasteiger partial charge in [-0.25, -0.2) is 41.4 Å². The quantitative estimate of drug-likeness (QED) is 0.0894. The van der Waals surface area contributed by atoms with Crippen molar-refractivity contribution in [2.45, 2.75) is 290 Å². The average Bonchev–Trinajstić information content (AvgIpc) is 1.57. The highest BCUT2D eigenvalue weighted by atomic mass is 32.2. The van der Waals surface area contributed by atoms with Crippen LogP contribution in [0, 0.1) is 11.8 Å². The van der Waals surface area contributed by atoms with Crippen LogP contribution in [0.3, 0.4) is 0 Å². The van der Waals surface area contributed by atoms with E-state index < -0.39 is 148 Å². The van der Waals surface area contributed by atoms with E-state index in [1.165, 1.54) is 16.1 Å². The lowest BCUT2D eigenvalue weighted by atomic mass is 9.96. The van der Waals surface area contributed by atoms with E-state index in [1.54, 1.807) is 55.4 Å². The van der Waals surface area contributed by atoms with Crippen molar-refractivity contribution >= 4 is 67.7 Å². The molecule has 0 bridgehead atoms. The first kappa shape index (κ1) is 77.3. The van der Waals surface area contributed by atoms with E-state index >= 15 is 0 Å². The Morgan fingerprint density at radius 3 is 1.45 bits per heavy atom. The average molecular weight is 1510 g/mol. The summed E-state index contributed by atoms with van der Waals surface area (Å²) >= 11 is 0. The maximum absolute atomic E-state index is 14.6. The molecule has 2 aromatic heterocycles. The van der Waals surface area contributed by atoms with E-state index in [0.717, 1.165) is 105 Å². The number of fused-ring (bicyclic) bond motifs is 6. The Morgan fingerprint density at radius 2 is 0.991 bits per heavy atom. The number of aryl methyl sites for hydroxylation is 2. The zero-order valence-corrected chi connectivity index (χ0v) is 63.9. The van der Waals surface area contributed by atoms with Crippen molar-refractivity contribution in [3.05, 3.63) is 83.5 Å². The third-order valence-electron chi connectivity index (χ3n) is 22.2. The summed E-state index contributed by atoms with van der Waals surface area (Å²) in [5, 5.41) is 11.3. The molecule has 2 saturated heterocycles. The summed E-state index contributed by atoms with van der Waals surface area (Å²) in [5.41, 5.74) is -0.0607. The first-order chi connectivity index (χ1) is 50.2. The first-order valence-corrected chi connectivity index (χ1v) is 41.0. The molecule has 10 aliphatic rings. The SMILES string of the molecule is CC(C)(C)OC(=O)N[C@H]1CCCCC/C=C\[C@@H]2C[C@@]2(C(=O)NS(=O)(=O)C2(C)CC2)NC(=O)[C@@H]2C[C@@H](Oc3nc(-c4ccccc4)nc4c3CCCC4)CN2C1=O.CC(C)(C)OC(=O)N[C@H]1CCCCC/C=C\[C@@H]2C[C@@]2(C(=O)NS(=O)(=O)C2(C)CC2)NC(=O)[C@@H]2C[C@@H](Oc3ncnc4c3CCCC4)CN2C1=O. The second-order valence-electron chi connectivity index (χ2n) is 33.0. The van der Waals surface area contributed by atoms with Gasteiger partial charge in [0, 0.05) is 41.4 Å². The fraction of sp³-hybridized carbons (Fsp3) is 0.658. The fourth-order valence-electron chi connectivity index (χ4n) is 15.1. The molecule has 30 heteroatoms. The number of allylic oxidation sites excluding steroid dienone is 2. The Bertz CT molecular complexity index is 4170. The Morgan fingerprint density at radius 1 is 0.547 bits per heavy atom. The highest BCUT2D eigenvalue weighted by Gasteiger charge is 2.65. The molecular weight excluding hydrogens is 1400 g/mol. The molecule has 106 heavy (non-hydrogen) atoms. The lowest BCUT2D eigenvalue weighted by Crippen LogP contribution is -2.58. The van der Waals surface area contributed by atoms with Crippen LogP contribution in [0.2, 0.25) is 0 Å². The van der Waals surface area contributed by atoms with Gasteiger partial charge in [-0.05, 0) is 184 Å². The van der Waals surface area contributed by atoms with Gasteiger partial charge in [-0.15, -0.1) is 0 Å². The number of hydrogen-bond acceptors (Lipinski definition) is 20. The van der Waals surface area contributed by atoms with Gasteiger partial charge in [-0.1, -0.05) is 80.3 Å². The molecule has 10 atom stereocenters. The van der Waals surface area contributed by atoms with Crippen LogP contribution in [-0.2, 0) is 84.0 Å². The van der Waals surface area contributed by atoms with Crippen molar-refractivity contribution in [1.29, 1.82) is 0 Å². The molecule has 6 fully saturated rings. The molecule has 0 unspecified atom stereocenters. The predicted molar refractivity (Wildman–Crippen MR) is 390 cm³/mol. The Kier molecular flexibility index (Phi) is 22.4. The van der Waals surface area contributed by atoms with E-state index in [4.69, 9.17) is 28.9 Å². The topological polar surface area (TPSA) is 372 Å². The van der Waals surface area contributed by atoms with Crippen LogP contribution in [-0.4, -0.2) is 175 Å². The number of carbonyl (C=O) groups excluding carboxylic acids is 8. The van der Waals surface area contributed by atoms with Crippen LogP contribution in [0.4, 0.5) is 9.59 Å². The summed E-state index contributed by atoms with van der Waals surface area (Å²) in [6, 6.07) is 5.50. The molecule has 4 aliphatic heterocycles. The molecule has 576 valence electrons. The normalized spacial score (nSPS) is 29.1. The molecular formula is C76H104N12O16S2. The second-order valence-corrected chi connectivity index (χ2v) is 37.4. The minimum atomic E-state index is -3.99. The van der Waals surface area contributed by atoms with Crippen LogP contribution in [0.1, 0.15) is 219 Å². The molecule has 28 nitrogen and oxygen atoms in total. The lowest BCUT2D eigenvalue weighted by Gasteiger charge is -2.30. The van der Waals surface area contributed by atoms with Crippen LogP contribution in [0.25, 0.3) is 11.4 Å². The number of alkyl carbamates (subject to hydrolysis) is 2. The van der Waals surface area contributed by atoms with Crippen LogP contribution >= 0.6 is 0 Å².